The Hall–Kier alpha value is -4.85. The van der Waals surface area contributed by atoms with Crippen LogP contribution < -0.4 is 10.6 Å². The number of fused-ring (bicyclic) bond motifs is 1. The van der Waals surface area contributed by atoms with Crippen molar-refractivity contribution in [1.82, 2.24) is 10.2 Å². The number of benzene rings is 4. The standard InChI is InChI=1S/C41H51N3O5/c1-26(2)13-14-29(5)44(39(47)36(43-40(48)49-41(6,7)8)24-30-15-19-35(45)20-16-30)37(33-22-27(3)21-28(4)23-33)38(46)42-34-18-17-31-11-9-10-12-32(31)25-34/h9-12,15-23,25-26,29,36-37,45H,13-14,24H2,1-8H3,(H,42,46)(H,43,48). The van der Waals surface area contributed by atoms with E-state index in [0.29, 0.717) is 23.6 Å². The second-order valence-corrected chi connectivity index (χ2v) is 14.5. The highest BCUT2D eigenvalue weighted by Crippen LogP contribution is 2.31. The van der Waals surface area contributed by atoms with Gasteiger partial charge in [0.05, 0.1) is 0 Å². The third kappa shape index (κ3) is 10.6. The SMILES string of the molecule is Cc1cc(C)cc(C(C(=O)Nc2ccc3ccccc3c2)N(C(=O)C(Cc2ccc(O)cc2)NC(=O)OC(C)(C)C)C(C)CCC(C)C)c1. The maximum Gasteiger partial charge on any atom is 0.408 e. The fourth-order valence-corrected chi connectivity index (χ4v) is 6.09. The number of aromatic hydroxyl groups is 1. The molecule has 4 rings (SSSR count). The molecular formula is C41H51N3O5. The number of phenolic OH excluding ortho intramolecular Hbond substituents is 1. The van der Waals surface area contributed by atoms with Crippen molar-refractivity contribution in [1.29, 1.82) is 0 Å². The van der Waals surface area contributed by atoms with Crippen molar-refractivity contribution in [3.05, 3.63) is 107 Å². The van der Waals surface area contributed by atoms with Crippen LogP contribution in [0.1, 0.15) is 82.7 Å². The summed E-state index contributed by atoms with van der Waals surface area (Å²) in [6, 6.07) is 23.7. The minimum atomic E-state index is -1.07. The summed E-state index contributed by atoms with van der Waals surface area (Å²) in [6.07, 6.45) is 0.867. The summed E-state index contributed by atoms with van der Waals surface area (Å²) in [7, 11) is 0. The summed E-state index contributed by atoms with van der Waals surface area (Å²) in [6.45, 7) is 15.4. The van der Waals surface area contributed by atoms with Gasteiger partial charge in [-0.3, -0.25) is 9.59 Å². The van der Waals surface area contributed by atoms with Crippen molar-refractivity contribution in [3.8, 4) is 5.75 Å². The van der Waals surface area contributed by atoms with Gasteiger partial charge < -0.3 is 25.4 Å². The van der Waals surface area contributed by atoms with Crippen LogP contribution in [0.3, 0.4) is 0 Å². The molecule has 0 saturated heterocycles. The van der Waals surface area contributed by atoms with E-state index in [9.17, 15) is 14.7 Å². The van der Waals surface area contributed by atoms with E-state index in [1.54, 1.807) is 49.9 Å². The van der Waals surface area contributed by atoms with Crippen LogP contribution in [0.5, 0.6) is 5.75 Å². The lowest BCUT2D eigenvalue weighted by Gasteiger charge is -2.39. The Morgan fingerprint density at radius 1 is 0.816 bits per heavy atom. The molecule has 3 atom stereocenters. The van der Waals surface area contributed by atoms with E-state index >= 15 is 4.79 Å². The number of nitrogens with one attached hydrogen (secondary N) is 2. The van der Waals surface area contributed by atoms with Gasteiger partial charge in [-0.05, 0) is 106 Å². The first-order valence-electron chi connectivity index (χ1n) is 17.1. The van der Waals surface area contributed by atoms with E-state index in [1.165, 1.54) is 0 Å². The number of rotatable bonds is 12. The molecule has 0 spiro atoms. The smallest absolute Gasteiger partial charge is 0.408 e. The zero-order chi connectivity index (χ0) is 35.9. The molecule has 0 aromatic heterocycles. The highest BCUT2D eigenvalue weighted by Gasteiger charge is 2.39. The Balaban J connectivity index is 1.83. The van der Waals surface area contributed by atoms with Crippen molar-refractivity contribution in [2.24, 2.45) is 5.92 Å². The van der Waals surface area contributed by atoms with Crippen LogP contribution in [0.4, 0.5) is 10.5 Å². The number of alkyl carbamates (subject to hydrolysis) is 1. The van der Waals surface area contributed by atoms with Crippen molar-refractivity contribution < 1.29 is 24.2 Å². The second-order valence-electron chi connectivity index (χ2n) is 14.5. The summed E-state index contributed by atoms with van der Waals surface area (Å²) in [4.78, 5) is 44.5. The molecule has 260 valence electrons. The lowest BCUT2D eigenvalue weighted by atomic mass is 9.94. The number of phenols is 1. The van der Waals surface area contributed by atoms with E-state index in [1.807, 2.05) is 81.4 Å². The minimum absolute atomic E-state index is 0.0934. The molecule has 0 aliphatic carbocycles. The second kappa shape index (κ2) is 16.0. The molecule has 8 nitrogen and oxygen atoms in total. The molecule has 0 radical (unpaired) electrons. The Morgan fingerprint density at radius 3 is 2.06 bits per heavy atom. The Labute approximate surface area is 290 Å². The van der Waals surface area contributed by atoms with Gasteiger partial charge in [-0.15, -0.1) is 0 Å². The molecule has 8 heteroatoms. The highest BCUT2D eigenvalue weighted by molar-refractivity contribution is 6.00. The normalized spacial score (nSPS) is 13.4. The van der Waals surface area contributed by atoms with Gasteiger partial charge in [0.1, 0.15) is 23.4 Å². The highest BCUT2D eigenvalue weighted by atomic mass is 16.6. The van der Waals surface area contributed by atoms with E-state index < -0.39 is 29.7 Å². The molecule has 0 fully saturated rings. The minimum Gasteiger partial charge on any atom is -0.508 e. The molecule has 4 aromatic rings. The van der Waals surface area contributed by atoms with E-state index in [-0.39, 0.29) is 24.1 Å². The lowest BCUT2D eigenvalue weighted by Crippen LogP contribution is -2.55. The molecule has 3 N–H and O–H groups in total. The summed E-state index contributed by atoms with van der Waals surface area (Å²) < 4.78 is 5.59. The number of hydrogen-bond donors (Lipinski definition) is 3. The molecular weight excluding hydrogens is 614 g/mol. The third-order valence-electron chi connectivity index (χ3n) is 8.36. The Bertz CT molecular complexity index is 1740. The Kier molecular flexibility index (Phi) is 12.1. The summed E-state index contributed by atoms with van der Waals surface area (Å²) in [5.74, 6) is -0.298. The zero-order valence-corrected chi connectivity index (χ0v) is 30.0. The van der Waals surface area contributed by atoms with E-state index in [4.69, 9.17) is 4.74 Å². The van der Waals surface area contributed by atoms with E-state index in [0.717, 1.165) is 33.9 Å². The summed E-state index contributed by atoms with van der Waals surface area (Å²) in [5.41, 5.74) is 3.17. The van der Waals surface area contributed by atoms with Crippen molar-refractivity contribution in [3.63, 3.8) is 0 Å². The van der Waals surface area contributed by atoms with Gasteiger partial charge in [-0.1, -0.05) is 85.6 Å². The quantitative estimate of drug-likeness (QED) is 0.140. The first-order valence-corrected chi connectivity index (χ1v) is 17.1. The first-order chi connectivity index (χ1) is 23.1. The van der Waals surface area contributed by atoms with Crippen molar-refractivity contribution >= 4 is 34.4 Å². The maximum absolute atomic E-state index is 15.0. The van der Waals surface area contributed by atoms with Gasteiger partial charge in [0.2, 0.25) is 5.91 Å². The average molecular weight is 666 g/mol. The fourth-order valence-electron chi connectivity index (χ4n) is 6.09. The molecule has 0 heterocycles. The predicted octanol–water partition coefficient (Wildman–Crippen LogP) is 8.63. The maximum atomic E-state index is 15.0. The number of aryl methyl sites for hydroxylation is 2. The van der Waals surface area contributed by atoms with Gasteiger partial charge in [0, 0.05) is 18.2 Å². The number of carbonyl (C=O) groups excluding carboxylic acids is 3. The first kappa shape index (κ1) is 37.0. The molecule has 0 aliphatic heterocycles. The van der Waals surface area contributed by atoms with Gasteiger partial charge in [-0.2, -0.15) is 0 Å². The molecule has 49 heavy (non-hydrogen) atoms. The van der Waals surface area contributed by atoms with Gasteiger partial charge >= 0.3 is 6.09 Å². The molecule has 3 amide bonds. The van der Waals surface area contributed by atoms with Crippen LogP contribution in [0.25, 0.3) is 10.8 Å². The van der Waals surface area contributed by atoms with Gasteiger partial charge in [-0.25, -0.2) is 4.79 Å². The number of anilines is 1. The molecule has 4 aromatic carbocycles. The average Bonchev–Trinajstić information content (AvgIpc) is 3.01. The van der Waals surface area contributed by atoms with E-state index in [2.05, 4.69) is 24.5 Å². The summed E-state index contributed by atoms with van der Waals surface area (Å²) >= 11 is 0. The van der Waals surface area contributed by atoms with Crippen molar-refractivity contribution in [2.45, 2.75) is 98.4 Å². The number of amides is 3. The van der Waals surface area contributed by atoms with Crippen LogP contribution >= 0.6 is 0 Å². The number of hydrogen-bond acceptors (Lipinski definition) is 5. The predicted molar refractivity (Wildman–Crippen MR) is 197 cm³/mol. The van der Waals surface area contributed by atoms with Gasteiger partial charge in [0.15, 0.2) is 0 Å². The van der Waals surface area contributed by atoms with Crippen molar-refractivity contribution in [2.75, 3.05) is 5.32 Å². The fraction of sp³-hybridized carbons (Fsp3) is 0.390. The summed E-state index contributed by atoms with van der Waals surface area (Å²) in [5, 5.41) is 17.9. The third-order valence-corrected chi connectivity index (χ3v) is 8.36. The zero-order valence-electron chi connectivity index (χ0n) is 30.0. The van der Waals surface area contributed by atoms with Crippen LogP contribution in [0.2, 0.25) is 0 Å². The molecule has 0 bridgehead atoms. The van der Waals surface area contributed by atoms with Crippen LogP contribution in [0, 0.1) is 19.8 Å². The monoisotopic (exact) mass is 665 g/mol. The molecule has 0 aliphatic rings. The van der Waals surface area contributed by atoms with Crippen LogP contribution in [-0.4, -0.2) is 45.6 Å². The van der Waals surface area contributed by atoms with Crippen LogP contribution in [-0.2, 0) is 20.7 Å². The molecule has 3 unspecified atom stereocenters. The van der Waals surface area contributed by atoms with Crippen LogP contribution in [0.15, 0.2) is 84.9 Å². The number of carbonyl (C=O) groups is 3. The topological polar surface area (TPSA) is 108 Å². The largest absolute Gasteiger partial charge is 0.508 e. The number of nitrogens with zero attached hydrogens (tertiary/aromatic N) is 1. The van der Waals surface area contributed by atoms with Gasteiger partial charge in [0.25, 0.3) is 5.91 Å². The lowest BCUT2D eigenvalue weighted by molar-refractivity contribution is -0.143. The number of ether oxygens (including phenoxy) is 1. The Morgan fingerprint density at radius 2 is 1.45 bits per heavy atom. The molecule has 0 saturated carbocycles.